The fourth-order valence-corrected chi connectivity index (χ4v) is 6.46. The summed E-state index contributed by atoms with van der Waals surface area (Å²) in [5.41, 5.74) is 5.91. The van der Waals surface area contributed by atoms with Crippen LogP contribution >= 0.6 is 11.8 Å². The van der Waals surface area contributed by atoms with E-state index in [1.807, 2.05) is 51.1 Å². The molecule has 2 N–H and O–H groups in total. The van der Waals surface area contributed by atoms with Crippen molar-refractivity contribution in [1.29, 1.82) is 0 Å². The number of hydrogen-bond donors (Lipinski definition) is 2. The van der Waals surface area contributed by atoms with E-state index in [0.717, 1.165) is 35.1 Å². The number of aliphatic hydroxyl groups excluding tert-OH is 1. The number of aliphatic hydroxyl groups is 1. The van der Waals surface area contributed by atoms with Crippen molar-refractivity contribution in [1.82, 2.24) is 15.0 Å². The lowest BCUT2D eigenvalue weighted by atomic mass is 9.94. The van der Waals surface area contributed by atoms with E-state index in [0.29, 0.717) is 48.4 Å². The van der Waals surface area contributed by atoms with Crippen molar-refractivity contribution < 1.29 is 28.2 Å². The first-order valence-corrected chi connectivity index (χ1v) is 17.4. The second kappa shape index (κ2) is 17.8. The highest BCUT2D eigenvalue weighted by atomic mass is 32.2. The lowest BCUT2D eigenvalue weighted by molar-refractivity contribution is -0.126. The topological polar surface area (TPSA) is 88.3 Å². The second-order valence-electron chi connectivity index (χ2n) is 12.4. The number of ether oxygens (including phenoxy) is 2. The number of unbranched alkanes of at least 4 members (excludes halogenated alkanes) is 4. The molecule has 1 fully saturated rings. The van der Waals surface area contributed by atoms with Crippen LogP contribution in [-0.2, 0) is 16.0 Å². The summed E-state index contributed by atoms with van der Waals surface area (Å²) in [5.74, 6) is -0.796. The third kappa shape index (κ3) is 9.78. The van der Waals surface area contributed by atoms with Gasteiger partial charge in [0.25, 0.3) is 5.91 Å². The van der Waals surface area contributed by atoms with Crippen LogP contribution in [0.1, 0.15) is 74.9 Å². The number of aliphatic imine (C=N–C) groups is 1. The van der Waals surface area contributed by atoms with Gasteiger partial charge < -0.3 is 19.1 Å². The molecule has 1 amide bonds. The molecule has 2 aromatic carbocycles. The number of halogens is 2. The maximum atomic E-state index is 14.7. The molecule has 8 nitrogen and oxygen atoms in total. The minimum absolute atomic E-state index is 0.213. The molecule has 1 aliphatic rings. The highest BCUT2D eigenvalue weighted by Crippen LogP contribution is 2.34. The SMILES string of the molecule is CCCCCCCOc1ccc(CC[C@](C)(CO)NN2C(=O)/C(=C/c3cc(C)n(-c4ccc(F)cc4F)c3C)SC2=NCCOC)cc1. The highest BCUT2D eigenvalue weighted by molar-refractivity contribution is 8.18. The summed E-state index contributed by atoms with van der Waals surface area (Å²) in [4.78, 5) is 18.9. The summed E-state index contributed by atoms with van der Waals surface area (Å²) in [6, 6.07) is 13.4. The zero-order valence-corrected chi connectivity index (χ0v) is 29.5. The molecule has 3 aromatic rings. The first-order chi connectivity index (χ1) is 23.1. The Kier molecular flexibility index (Phi) is 13.8. The predicted octanol–water partition coefficient (Wildman–Crippen LogP) is 7.53. The molecule has 0 radical (unpaired) electrons. The van der Waals surface area contributed by atoms with Gasteiger partial charge in [0.05, 0.1) is 42.5 Å². The quantitative estimate of drug-likeness (QED) is 0.107. The van der Waals surface area contributed by atoms with Gasteiger partial charge in [-0.15, -0.1) is 0 Å². The van der Waals surface area contributed by atoms with Crippen molar-refractivity contribution in [2.75, 3.05) is 33.5 Å². The first-order valence-electron chi connectivity index (χ1n) is 16.6. The van der Waals surface area contributed by atoms with Gasteiger partial charge in [-0.3, -0.25) is 9.79 Å². The number of amides is 1. The number of carbonyl (C=O) groups excluding carboxylic acids is 1. The Bertz CT molecular complexity index is 1590. The van der Waals surface area contributed by atoms with Crippen molar-refractivity contribution in [3.05, 3.63) is 87.6 Å². The number of amidine groups is 1. The summed E-state index contributed by atoms with van der Waals surface area (Å²) in [7, 11) is 1.59. The lowest BCUT2D eigenvalue weighted by Gasteiger charge is -2.33. The number of aromatic nitrogens is 1. The molecule has 1 atom stereocenters. The van der Waals surface area contributed by atoms with Gasteiger partial charge in [0.1, 0.15) is 17.4 Å². The molecule has 0 bridgehead atoms. The van der Waals surface area contributed by atoms with Gasteiger partial charge in [0.2, 0.25) is 0 Å². The Balaban J connectivity index is 1.47. The number of benzene rings is 2. The molecule has 0 saturated carbocycles. The van der Waals surface area contributed by atoms with E-state index in [1.54, 1.807) is 17.8 Å². The van der Waals surface area contributed by atoms with Crippen molar-refractivity contribution in [2.24, 2.45) is 4.99 Å². The molecule has 1 aliphatic heterocycles. The van der Waals surface area contributed by atoms with E-state index >= 15 is 0 Å². The molecule has 0 spiro atoms. The number of rotatable bonds is 18. The lowest BCUT2D eigenvalue weighted by Crippen LogP contribution is -2.56. The third-order valence-corrected chi connectivity index (χ3v) is 9.40. The third-order valence-electron chi connectivity index (χ3n) is 8.39. The molecule has 2 heterocycles. The number of methoxy groups -OCH3 is 1. The molecule has 4 rings (SSSR count). The fourth-order valence-electron chi connectivity index (χ4n) is 5.53. The van der Waals surface area contributed by atoms with Crippen LogP contribution in [0.15, 0.2) is 58.4 Å². The van der Waals surface area contributed by atoms with Gasteiger partial charge in [-0.2, -0.15) is 0 Å². The number of carbonyl (C=O) groups is 1. The minimum Gasteiger partial charge on any atom is -0.494 e. The first kappa shape index (κ1) is 37.3. The van der Waals surface area contributed by atoms with Gasteiger partial charge in [0, 0.05) is 24.6 Å². The smallest absolute Gasteiger partial charge is 0.281 e. The van der Waals surface area contributed by atoms with Gasteiger partial charge >= 0.3 is 0 Å². The summed E-state index contributed by atoms with van der Waals surface area (Å²) in [6.07, 6.45) is 8.92. The highest BCUT2D eigenvalue weighted by Gasteiger charge is 2.38. The number of thioether (sulfide) groups is 1. The Morgan fingerprint density at radius 2 is 1.79 bits per heavy atom. The number of nitrogens with one attached hydrogen (secondary N) is 1. The molecule has 11 heteroatoms. The van der Waals surface area contributed by atoms with Crippen LogP contribution < -0.4 is 10.2 Å². The minimum atomic E-state index is -0.836. The number of nitrogens with zero attached hydrogens (tertiary/aromatic N) is 3. The van der Waals surface area contributed by atoms with E-state index in [9.17, 15) is 18.7 Å². The van der Waals surface area contributed by atoms with Crippen LogP contribution in [0.2, 0.25) is 0 Å². The van der Waals surface area contributed by atoms with Crippen molar-refractivity contribution in [3.63, 3.8) is 0 Å². The van der Waals surface area contributed by atoms with Crippen LogP contribution in [0.25, 0.3) is 11.8 Å². The van der Waals surface area contributed by atoms with Crippen LogP contribution in [0.5, 0.6) is 5.75 Å². The van der Waals surface area contributed by atoms with Crippen LogP contribution in [-0.4, -0.2) is 64.8 Å². The van der Waals surface area contributed by atoms with E-state index in [-0.39, 0.29) is 18.2 Å². The summed E-state index contributed by atoms with van der Waals surface area (Å²) in [6.45, 7) is 8.96. The normalized spacial score (nSPS) is 16.3. The molecule has 1 aromatic heterocycles. The second-order valence-corrected chi connectivity index (χ2v) is 13.4. The average Bonchev–Trinajstić information content (AvgIpc) is 3.51. The standard InChI is InChI=1S/C37H48F2N4O4S/c1-6-7-8-9-10-20-47-31-14-11-28(12-15-31)17-18-37(4,25-44)41-43-35(45)34(48-36(43)40-19-21-46-5)23-29-22-26(2)42(27(29)3)33-16-13-30(38)24-32(33)39/h11-16,22-24,41,44H,6-10,17-21,25H2,1-5H3/b34-23-,40-36?/t37-/m1/s1. The zero-order chi connectivity index (χ0) is 34.7. The van der Waals surface area contributed by atoms with Gasteiger partial charge in [0.15, 0.2) is 5.17 Å². The Hall–Kier alpha value is -3.51. The molecule has 0 aliphatic carbocycles. The molecule has 0 unspecified atom stereocenters. The van der Waals surface area contributed by atoms with Crippen molar-refractivity contribution in [2.45, 2.75) is 78.2 Å². The molecule has 1 saturated heterocycles. The summed E-state index contributed by atoms with van der Waals surface area (Å²) < 4.78 is 41.1. The number of hydrogen-bond acceptors (Lipinski definition) is 7. The Morgan fingerprint density at radius 3 is 2.48 bits per heavy atom. The van der Waals surface area contributed by atoms with E-state index < -0.39 is 17.2 Å². The summed E-state index contributed by atoms with van der Waals surface area (Å²) in [5, 5.41) is 12.3. The van der Waals surface area contributed by atoms with Crippen molar-refractivity contribution in [3.8, 4) is 11.4 Å². The number of aryl methyl sites for hydroxylation is 2. The van der Waals surface area contributed by atoms with Crippen LogP contribution in [0.4, 0.5) is 8.78 Å². The van der Waals surface area contributed by atoms with E-state index in [4.69, 9.17) is 9.47 Å². The van der Waals surface area contributed by atoms with E-state index in [1.165, 1.54) is 54.6 Å². The Labute approximate surface area is 287 Å². The maximum absolute atomic E-state index is 14.7. The Morgan fingerprint density at radius 1 is 1.04 bits per heavy atom. The zero-order valence-electron chi connectivity index (χ0n) is 28.7. The maximum Gasteiger partial charge on any atom is 0.281 e. The van der Waals surface area contributed by atoms with Crippen molar-refractivity contribution >= 4 is 28.9 Å². The predicted molar refractivity (Wildman–Crippen MR) is 189 cm³/mol. The van der Waals surface area contributed by atoms with Gasteiger partial charge in [-0.25, -0.2) is 19.2 Å². The van der Waals surface area contributed by atoms with E-state index in [2.05, 4.69) is 17.3 Å². The van der Waals surface area contributed by atoms with Gasteiger partial charge in [-0.1, -0.05) is 44.7 Å². The largest absolute Gasteiger partial charge is 0.494 e. The van der Waals surface area contributed by atoms with Crippen LogP contribution in [0, 0.1) is 25.5 Å². The molecular weight excluding hydrogens is 634 g/mol. The van der Waals surface area contributed by atoms with Gasteiger partial charge in [-0.05, 0) is 99.3 Å². The monoisotopic (exact) mass is 682 g/mol. The summed E-state index contributed by atoms with van der Waals surface area (Å²) >= 11 is 1.22. The van der Waals surface area contributed by atoms with Crippen LogP contribution in [0.3, 0.4) is 0 Å². The average molecular weight is 683 g/mol. The number of hydrazine groups is 1. The molecular formula is C37H48F2N4O4S. The fraction of sp³-hybridized carbons (Fsp3) is 0.459. The molecule has 48 heavy (non-hydrogen) atoms. The molecule has 260 valence electrons.